The zero-order valence-electron chi connectivity index (χ0n) is 10.4. The van der Waals surface area contributed by atoms with E-state index in [1.165, 1.54) is 0 Å². The van der Waals surface area contributed by atoms with E-state index >= 15 is 0 Å². The van der Waals surface area contributed by atoms with Gasteiger partial charge < -0.3 is 0 Å². The average Bonchev–Trinajstić information content (AvgIpc) is 2.46. The molecule has 20 heavy (non-hydrogen) atoms. The minimum absolute atomic E-state index is 0.0836. The fourth-order valence-corrected chi connectivity index (χ4v) is 2.57. The van der Waals surface area contributed by atoms with Crippen LogP contribution >= 0.6 is 0 Å². The first-order valence-electron chi connectivity index (χ1n) is 5.82. The van der Waals surface area contributed by atoms with Crippen molar-refractivity contribution < 1.29 is 17.6 Å². The largest absolute Gasteiger partial charge is 0.293 e. The number of hydrogen-bond donors (Lipinski definition) is 1. The van der Waals surface area contributed by atoms with E-state index in [1.807, 2.05) is 0 Å². The number of nitrogens with one attached hydrogen (secondary N) is 1. The number of sulfonamides is 1. The molecule has 0 aliphatic rings. The van der Waals surface area contributed by atoms with Crippen molar-refractivity contribution in [3.8, 4) is 0 Å². The summed E-state index contributed by atoms with van der Waals surface area (Å²) in [5.74, 6) is -0.861. The van der Waals surface area contributed by atoms with E-state index in [2.05, 4.69) is 4.72 Å². The molecule has 2 aromatic carbocycles. The highest BCUT2D eigenvalue weighted by atomic mass is 32.2. The first-order valence-corrected chi connectivity index (χ1v) is 7.31. The molecular weight excluding hydrogens is 281 g/mol. The van der Waals surface area contributed by atoms with Crippen molar-refractivity contribution in [3.63, 3.8) is 0 Å². The van der Waals surface area contributed by atoms with Crippen LogP contribution in [0.5, 0.6) is 0 Å². The smallest absolute Gasteiger partial charge is 0.240 e. The van der Waals surface area contributed by atoms with Gasteiger partial charge in [-0.15, -0.1) is 0 Å². The molecule has 0 fully saturated rings. The van der Waals surface area contributed by atoms with E-state index in [9.17, 15) is 17.6 Å². The number of carbonyl (C=O) groups excluding carboxylic acids is 1. The summed E-state index contributed by atoms with van der Waals surface area (Å²) in [6.45, 7) is -0.344. The molecule has 2 rings (SSSR count). The maximum Gasteiger partial charge on any atom is 0.240 e. The maximum atomic E-state index is 12.7. The summed E-state index contributed by atoms with van der Waals surface area (Å²) in [6, 6.07) is 12.8. The van der Waals surface area contributed by atoms with Gasteiger partial charge in [0.15, 0.2) is 5.78 Å². The quantitative estimate of drug-likeness (QED) is 0.857. The van der Waals surface area contributed by atoms with Crippen molar-refractivity contribution in [2.45, 2.75) is 4.90 Å². The lowest BCUT2D eigenvalue weighted by atomic mass is 10.1. The molecule has 0 heterocycles. The van der Waals surface area contributed by atoms with Crippen LogP contribution in [0.4, 0.5) is 4.39 Å². The average molecular weight is 293 g/mol. The molecular formula is C14H12FNO3S. The van der Waals surface area contributed by atoms with Gasteiger partial charge in [-0.2, -0.15) is 0 Å². The molecule has 0 spiro atoms. The standard InChI is InChI=1S/C14H12FNO3S/c15-12-6-8-13(9-7-12)20(18,19)16-10-14(17)11-4-2-1-3-5-11/h1-9,16H,10H2. The second kappa shape index (κ2) is 5.94. The number of benzene rings is 2. The first-order chi connectivity index (χ1) is 9.49. The Labute approximate surface area is 116 Å². The normalized spacial score (nSPS) is 11.2. The van der Waals surface area contributed by atoms with E-state index in [1.54, 1.807) is 30.3 Å². The summed E-state index contributed by atoms with van der Waals surface area (Å²) >= 11 is 0. The zero-order chi connectivity index (χ0) is 14.6. The van der Waals surface area contributed by atoms with Crippen LogP contribution in [0, 0.1) is 5.82 Å². The molecule has 104 valence electrons. The minimum atomic E-state index is -3.82. The predicted octanol–water partition coefficient (Wildman–Crippen LogP) is 1.99. The number of carbonyl (C=O) groups is 1. The van der Waals surface area contributed by atoms with Crippen LogP contribution in [0.25, 0.3) is 0 Å². The Morgan fingerprint density at radius 1 is 1.00 bits per heavy atom. The molecule has 0 amide bonds. The van der Waals surface area contributed by atoms with E-state index in [0.29, 0.717) is 5.56 Å². The van der Waals surface area contributed by atoms with Gasteiger partial charge in [0.25, 0.3) is 0 Å². The molecule has 0 radical (unpaired) electrons. The van der Waals surface area contributed by atoms with Crippen molar-refractivity contribution in [2.75, 3.05) is 6.54 Å². The highest BCUT2D eigenvalue weighted by Crippen LogP contribution is 2.09. The van der Waals surface area contributed by atoms with Gasteiger partial charge >= 0.3 is 0 Å². The molecule has 6 heteroatoms. The van der Waals surface area contributed by atoms with Crippen molar-refractivity contribution in [2.24, 2.45) is 0 Å². The van der Waals surface area contributed by atoms with Gasteiger partial charge in [0.1, 0.15) is 5.82 Å². The summed E-state index contributed by atoms with van der Waals surface area (Å²) < 4.78 is 38.7. The van der Waals surface area contributed by atoms with Crippen LogP contribution in [-0.2, 0) is 10.0 Å². The van der Waals surface area contributed by atoms with Gasteiger partial charge in [-0.25, -0.2) is 17.5 Å². The van der Waals surface area contributed by atoms with Crippen molar-refractivity contribution in [1.29, 1.82) is 0 Å². The third kappa shape index (κ3) is 3.49. The summed E-state index contributed by atoms with van der Waals surface area (Å²) in [6.07, 6.45) is 0. The van der Waals surface area contributed by atoms with Gasteiger partial charge in [0.2, 0.25) is 10.0 Å². The van der Waals surface area contributed by atoms with Crippen LogP contribution < -0.4 is 4.72 Å². The Hall–Kier alpha value is -2.05. The van der Waals surface area contributed by atoms with Gasteiger partial charge in [-0.05, 0) is 24.3 Å². The van der Waals surface area contributed by atoms with Crippen LogP contribution in [0.2, 0.25) is 0 Å². The molecule has 0 saturated heterocycles. The van der Waals surface area contributed by atoms with E-state index in [-0.39, 0.29) is 17.2 Å². The Bertz CT molecular complexity index is 697. The van der Waals surface area contributed by atoms with Crippen molar-refractivity contribution >= 4 is 15.8 Å². The number of halogens is 1. The number of ketones is 1. The molecule has 0 aromatic heterocycles. The molecule has 0 atom stereocenters. The second-order valence-electron chi connectivity index (χ2n) is 4.07. The van der Waals surface area contributed by atoms with Crippen LogP contribution in [0.3, 0.4) is 0 Å². The van der Waals surface area contributed by atoms with E-state index in [0.717, 1.165) is 24.3 Å². The summed E-state index contributed by atoms with van der Waals surface area (Å²) in [5, 5.41) is 0. The van der Waals surface area contributed by atoms with E-state index < -0.39 is 15.8 Å². The topological polar surface area (TPSA) is 63.2 Å². The lowest BCUT2D eigenvalue weighted by Crippen LogP contribution is -2.29. The molecule has 0 aliphatic carbocycles. The third-order valence-corrected chi connectivity index (χ3v) is 4.06. The summed E-state index contributed by atoms with van der Waals surface area (Å²) in [4.78, 5) is 11.7. The molecule has 4 nitrogen and oxygen atoms in total. The Kier molecular flexibility index (Phi) is 4.26. The Balaban J connectivity index is 2.06. The SMILES string of the molecule is O=C(CNS(=O)(=O)c1ccc(F)cc1)c1ccccc1. The molecule has 0 bridgehead atoms. The molecule has 2 aromatic rings. The fraction of sp³-hybridized carbons (Fsp3) is 0.0714. The third-order valence-electron chi connectivity index (χ3n) is 2.64. The predicted molar refractivity (Wildman–Crippen MR) is 72.4 cm³/mol. The zero-order valence-corrected chi connectivity index (χ0v) is 11.2. The second-order valence-corrected chi connectivity index (χ2v) is 5.83. The highest BCUT2D eigenvalue weighted by Gasteiger charge is 2.16. The molecule has 0 unspecified atom stereocenters. The Morgan fingerprint density at radius 2 is 1.60 bits per heavy atom. The number of rotatable bonds is 5. The fourth-order valence-electron chi connectivity index (χ4n) is 1.58. The monoisotopic (exact) mass is 293 g/mol. The van der Waals surface area contributed by atoms with E-state index in [4.69, 9.17) is 0 Å². The van der Waals surface area contributed by atoms with Crippen molar-refractivity contribution in [1.82, 2.24) is 4.72 Å². The first kappa shape index (κ1) is 14.4. The molecule has 0 saturated carbocycles. The summed E-state index contributed by atoms with van der Waals surface area (Å²) in [5.41, 5.74) is 0.425. The highest BCUT2D eigenvalue weighted by molar-refractivity contribution is 7.89. The van der Waals surface area contributed by atoms with Crippen LogP contribution in [0.1, 0.15) is 10.4 Å². The minimum Gasteiger partial charge on any atom is -0.293 e. The van der Waals surface area contributed by atoms with Crippen LogP contribution in [0.15, 0.2) is 59.5 Å². The number of hydrogen-bond acceptors (Lipinski definition) is 3. The Morgan fingerprint density at radius 3 is 2.20 bits per heavy atom. The number of Topliss-reactive ketones (excluding diaryl/α,β-unsaturated/α-hetero) is 1. The van der Waals surface area contributed by atoms with Crippen LogP contribution in [-0.4, -0.2) is 20.7 Å². The summed E-state index contributed by atoms with van der Waals surface area (Å²) in [7, 11) is -3.82. The lowest BCUT2D eigenvalue weighted by molar-refractivity contribution is 0.0997. The molecule has 0 aliphatic heterocycles. The maximum absolute atomic E-state index is 12.7. The van der Waals surface area contributed by atoms with Crippen molar-refractivity contribution in [3.05, 3.63) is 66.0 Å². The van der Waals surface area contributed by atoms with Gasteiger partial charge in [-0.1, -0.05) is 30.3 Å². The molecule has 1 N–H and O–H groups in total. The lowest BCUT2D eigenvalue weighted by Gasteiger charge is -2.06. The van der Waals surface area contributed by atoms with Gasteiger partial charge in [0.05, 0.1) is 11.4 Å². The van der Waals surface area contributed by atoms with Gasteiger partial charge in [-0.3, -0.25) is 4.79 Å². The van der Waals surface area contributed by atoms with Gasteiger partial charge in [0, 0.05) is 5.56 Å².